The van der Waals surface area contributed by atoms with Crippen molar-refractivity contribution in [2.24, 2.45) is 0 Å². The normalized spacial score (nSPS) is 11.9. The number of aromatic carboxylic acids is 1. The zero-order valence-electron chi connectivity index (χ0n) is 11.6. The van der Waals surface area contributed by atoms with Gasteiger partial charge in [0.25, 0.3) is 10.0 Å². The summed E-state index contributed by atoms with van der Waals surface area (Å²) in [5.41, 5.74) is -0.363. The number of rotatable bonds is 9. The first-order valence-corrected chi connectivity index (χ1v) is 7.89. The fourth-order valence-corrected chi connectivity index (χ4v) is 2.89. The van der Waals surface area contributed by atoms with E-state index < -0.39 is 21.0 Å². The summed E-state index contributed by atoms with van der Waals surface area (Å²) in [7, 11) is -3.89. The van der Waals surface area contributed by atoms with Crippen molar-refractivity contribution in [2.45, 2.75) is 25.3 Å². The number of likely N-dealkylation sites (N-methyl/N-ethyl adjacent to an activating group) is 1. The topological polar surface area (TPSA) is 115 Å². The molecule has 0 unspecified atom stereocenters. The molecule has 1 aromatic heterocycles. The van der Waals surface area contributed by atoms with Crippen molar-refractivity contribution >= 4 is 16.0 Å². The summed E-state index contributed by atoms with van der Waals surface area (Å²) in [6, 6.07) is 0. The van der Waals surface area contributed by atoms with Gasteiger partial charge in [-0.1, -0.05) is 13.8 Å². The highest BCUT2D eigenvalue weighted by Crippen LogP contribution is 2.11. The van der Waals surface area contributed by atoms with Crippen molar-refractivity contribution in [3.8, 4) is 0 Å². The highest BCUT2D eigenvalue weighted by molar-refractivity contribution is 7.89. The summed E-state index contributed by atoms with van der Waals surface area (Å²) in [5.74, 6) is -1.33. The van der Waals surface area contributed by atoms with Gasteiger partial charge in [0, 0.05) is 13.1 Å². The van der Waals surface area contributed by atoms with Crippen LogP contribution in [-0.4, -0.2) is 60.8 Å². The molecule has 0 aliphatic heterocycles. The third-order valence-electron chi connectivity index (χ3n) is 2.81. The summed E-state index contributed by atoms with van der Waals surface area (Å²) in [4.78, 5) is 13.0. The summed E-state index contributed by atoms with van der Waals surface area (Å²) < 4.78 is 26.3. The van der Waals surface area contributed by atoms with Crippen molar-refractivity contribution in [1.29, 1.82) is 0 Å². The van der Waals surface area contributed by atoms with E-state index in [4.69, 9.17) is 5.11 Å². The van der Waals surface area contributed by atoms with E-state index >= 15 is 0 Å². The molecule has 3 N–H and O–H groups in total. The average Bonchev–Trinajstić information content (AvgIpc) is 2.87. The lowest BCUT2D eigenvalue weighted by Crippen LogP contribution is -2.35. The fraction of sp³-hybridized carbons (Fsp3) is 0.636. The maximum Gasteiger partial charge on any atom is 0.340 e. The number of carboxylic acids is 1. The number of H-pyrrole nitrogens is 1. The van der Waals surface area contributed by atoms with Crippen LogP contribution in [0.3, 0.4) is 0 Å². The van der Waals surface area contributed by atoms with Gasteiger partial charge in [0.15, 0.2) is 5.03 Å². The van der Waals surface area contributed by atoms with Crippen LogP contribution in [0.1, 0.15) is 30.6 Å². The van der Waals surface area contributed by atoms with Crippen LogP contribution in [0, 0.1) is 0 Å². The Bertz CT molecular complexity index is 540. The highest BCUT2D eigenvalue weighted by Gasteiger charge is 2.24. The standard InChI is InChI=1S/C11H20N4O4S/c1-3-6-15(4-2)7-5-13-20(18,19)10-9(11(16)17)8-12-14-10/h8,13H,3-7H2,1-2H3,(H,12,14)(H,16,17). The van der Waals surface area contributed by atoms with E-state index in [1.54, 1.807) is 0 Å². The molecule has 1 rings (SSSR count). The van der Waals surface area contributed by atoms with Crippen LogP contribution in [0.4, 0.5) is 0 Å². The van der Waals surface area contributed by atoms with E-state index in [9.17, 15) is 13.2 Å². The van der Waals surface area contributed by atoms with Crippen molar-refractivity contribution < 1.29 is 18.3 Å². The van der Waals surface area contributed by atoms with Gasteiger partial charge in [-0.15, -0.1) is 0 Å². The predicted molar refractivity (Wildman–Crippen MR) is 73.1 cm³/mol. The Morgan fingerprint density at radius 2 is 2.15 bits per heavy atom. The lowest BCUT2D eigenvalue weighted by atomic mass is 10.4. The molecule has 8 nitrogen and oxygen atoms in total. The van der Waals surface area contributed by atoms with Crippen LogP contribution in [-0.2, 0) is 10.0 Å². The molecular weight excluding hydrogens is 284 g/mol. The Hall–Kier alpha value is -1.45. The van der Waals surface area contributed by atoms with E-state index in [-0.39, 0.29) is 12.1 Å². The molecular formula is C11H20N4O4S. The van der Waals surface area contributed by atoms with Crippen LogP contribution in [0.15, 0.2) is 11.2 Å². The zero-order chi connectivity index (χ0) is 15.2. The Morgan fingerprint density at radius 1 is 1.45 bits per heavy atom. The average molecular weight is 304 g/mol. The van der Waals surface area contributed by atoms with Crippen LogP contribution in [0.5, 0.6) is 0 Å². The third-order valence-corrected chi connectivity index (χ3v) is 4.24. The van der Waals surface area contributed by atoms with Crippen molar-refractivity contribution in [1.82, 2.24) is 19.8 Å². The Kier molecular flexibility index (Phi) is 6.11. The van der Waals surface area contributed by atoms with E-state index in [2.05, 4.69) is 26.7 Å². The summed E-state index contributed by atoms with van der Waals surface area (Å²) in [6.45, 7) is 6.56. The van der Waals surface area contributed by atoms with Gasteiger partial charge in [-0.2, -0.15) is 5.10 Å². The first kappa shape index (κ1) is 16.6. The first-order valence-electron chi connectivity index (χ1n) is 6.41. The number of hydrogen-bond donors (Lipinski definition) is 3. The number of sulfonamides is 1. The molecule has 0 fully saturated rings. The Morgan fingerprint density at radius 3 is 2.70 bits per heavy atom. The van der Waals surface area contributed by atoms with Gasteiger partial charge in [0.2, 0.25) is 0 Å². The van der Waals surface area contributed by atoms with E-state index in [0.29, 0.717) is 6.54 Å². The minimum Gasteiger partial charge on any atom is -0.478 e. The molecule has 0 amide bonds. The molecule has 0 aliphatic carbocycles. The molecule has 20 heavy (non-hydrogen) atoms. The number of aromatic nitrogens is 2. The minimum atomic E-state index is -3.89. The zero-order valence-corrected chi connectivity index (χ0v) is 12.4. The Labute approximate surface area is 118 Å². The molecule has 1 aromatic rings. The molecule has 0 bridgehead atoms. The second kappa shape index (κ2) is 7.36. The highest BCUT2D eigenvalue weighted by atomic mass is 32.2. The summed E-state index contributed by atoms with van der Waals surface area (Å²) >= 11 is 0. The summed E-state index contributed by atoms with van der Waals surface area (Å²) in [6.07, 6.45) is 1.97. The fourth-order valence-electron chi connectivity index (χ4n) is 1.79. The quantitative estimate of drug-likeness (QED) is 0.597. The van der Waals surface area contributed by atoms with Crippen LogP contribution in [0.25, 0.3) is 0 Å². The van der Waals surface area contributed by atoms with Gasteiger partial charge in [0.05, 0.1) is 6.20 Å². The molecule has 0 saturated carbocycles. The van der Waals surface area contributed by atoms with Gasteiger partial charge in [-0.25, -0.2) is 17.9 Å². The number of nitrogens with one attached hydrogen (secondary N) is 2. The molecule has 0 atom stereocenters. The molecule has 9 heteroatoms. The number of carbonyl (C=O) groups is 1. The largest absolute Gasteiger partial charge is 0.478 e. The SMILES string of the molecule is CCCN(CC)CCNS(=O)(=O)c1[nH]ncc1C(=O)O. The molecule has 0 aliphatic rings. The van der Waals surface area contributed by atoms with Crippen LogP contribution < -0.4 is 4.72 Å². The molecule has 114 valence electrons. The smallest absolute Gasteiger partial charge is 0.340 e. The van der Waals surface area contributed by atoms with Gasteiger partial charge >= 0.3 is 5.97 Å². The van der Waals surface area contributed by atoms with Gasteiger partial charge in [-0.05, 0) is 19.5 Å². The minimum absolute atomic E-state index is 0.217. The lowest BCUT2D eigenvalue weighted by molar-refractivity contribution is 0.0692. The number of hydrogen-bond acceptors (Lipinski definition) is 5. The second-order valence-corrected chi connectivity index (χ2v) is 5.95. The first-order chi connectivity index (χ1) is 9.42. The molecule has 0 spiro atoms. The summed E-state index contributed by atoms with van der Waals surface area (Å²) in [5, 5.41) is 14.1. The van der Waals surface area contributed by atoms with Crippen molar-refractivity contribution in [3.05, 3.63) is 11.8 Å². The second-order valence-electron chi connectivity index (χ2n) is 4.25. The molecule has 1 heterocycles. The van der Waals surface area contributed by atoms with Crippen molar-refractivity contribution in [2.75, 3.05) is 26.2 Å². The monoisotopic (exact) mass is 304 g/mol. The van der Waals surface area contributed by atoms with E-state index in [0.717, 1.165) is 25.7 Å². The molecule has 0 aromatic carbocycles. The number of aromatic amines is 1. The molecule has 0 saturated heterocycles. The molecule has 0 radical (unpaired) electrons. The van der Waals surface area contributed by atoms with Gasteiger partial charge < -0.3 is 10.0 Å². The third kappa shape index (κ3) is 4.29. The Balaban J connectivity index is 2.66. The predicted octanol–water partition coefficient (Wildman–Crippen LogP) is 0.118. The van der Waals surface area contributed by atoms with Crippen LogP contribution in [0.2, 0.25) is 0 Å². The van der Waals surface area contributed by atoms with Crippen molar-refractivity contribution in [3.63, 3.8) is 0 Å². The number of carboxylic acid groups (broad SMARTS) is 1. The van der Waals surface area contributed by atoms with Gasteiger partial charge in [-0.3, -0.25) is 5.10 Å². The maximum absolute atomic E-state index is 12.0. The van der Waals surface area contributed by atoms with Crippen LogP contribution >= 0.6 is 0 Å². The van der Waals surface area contributed by atoms with E-state index in [1.165, 1.54) is 0 Å². The van der Waals surface area contributed by atoms with Gasteiger partial charge in [0.1, 0.15) is 5.56 Å². The number of nitrogens with zero attached hydrogens (tertiary/aromatic N) is 2. The maximum atomic E-state index is 12.0. The van der Waals surface area contributed by atoms with E-state index in [1.807, 2.05) is 6.92 Å². The lowest BCUT2D eigenvalue weighted by Gasteiger charge is -2.19.